The smallest absolute Gasteiger partial charge is 1.00 e. The van der Waals surface area contributed by atoms with Crippen molar-refractivity contribution in [2.75, 3.05) is 0 Å². The van der Waals surface area contributed by atoms with Gasteiger partial charge in [0.25, 0.3) is 0 Å². The SMILES string of the molecule is [2H][C-]=C([2H])[2H].[Br-].[Mg+2]. The molecule has 0 aliphatic heterocycles. The molecular formula is C2H3BrMg. The zero-order chi connectivity index (χ0) is 4.28. The molecule has 4 heavy (non-hydrogen) atoms. The average Bonchev–Trinajstić information content (AvgIpc) is 1.38. The summed E-state index contributed by atoms with van der Waals surface area (Å²) < 4.78 is 18.2. The second kappa shape index (κ2) is 36.5. The van der Waals surface area contributed by atoms with Crippen LogP contribution in [0.2, 0.25) is 0 Å². The molecule has 0 heterocycles. The van der Waals surface area contributed by atoms with Crippen LogP contribution >= 0.6 is 0 Å². The van der Waals surface area contributed by atoms with Gasteiger partial charge in [-0.25, -0.2) is 1.37 Å². The van der Waals surface area contributed by atoms with Crippen molar-refractivity contribution in [2.45, 2.75) is 0 Å². The van der Waals surface area contributed by atoms with Gasteiger partial charge in [0.1, 0.15) is 0 Å². The summed E-state index contributed by atoms with van der Waals surface area (Å²) >= 11 is 0. The van der Waals surface area contributed by atoms with Gasteiger partial charge in [0.15, 0.2) is 0 Å². The van der Waals surface area contributed by atoms with Crippen LogP contribution in [0.15, 0.2) is 6.53 Å². The van der Waals surface area contributed by atoms with Gasteiger partial charge in [-0.3, -0.25) is 6.53 Å². The minimum absolute atomic E-state index is 0. The van der Waals surface area contributed by atoms with E-state index >= 15 is 0 Å². The Morgan fingerprint density at radius 2 is 2.50 bits per heavy atom. The maximum Gasteiger partial charge on any atom is 2.00 e. The Morgan fingerprint density at radius 3 is 2.50 bits per heavy atom. The van der Waals surface area contributed by atoms with Crippen LogP contribution in [0.1, 0.15) is 4.11 Å². The second-order valence-corrected chi connectivity index (χ2v) is 0. The van der Waals surface area contributed by atoms with E-state index < -0.39 is 6.53 Å². The first-order chi connectivity index (χ1) is 2.27. The molecule has 0 rings (SSSR count). The summed E-state index contributed by atoms with van der Waals surface area (Å²) in [5.41, 5.74) is 0. The van der Waals surface area contributed by atoms with Crippen molar-refractivity contribution in [3.05, 3.63) is 13.1 Å². The van der Waals surface area contributed by atoms with E-state index in [0.29, 0.717) is 0 Å². The summed E-state index contributed by atoms with van der Waals surface area (Å²) in [5.74, 6) is 0. The fourth-order valence-electron chi connectivity index (χ4n) is 0. The fourth-order valence-corrected chi connectivity index (χ4v) is 0. The topological polar surface area (TPSA) is 0 Å². The van der Waals surface area contributed by atoms with Gasteiger partial charge in [0.05, 0.1) is 0 Å². The number of rotatable bonds is 0. The summed E-state index contributed by atoms with van der Waals surface area (Å²) in [7, 11) is 0. The zero-order valence-electron chi connectivity index (χ0n) is 5.09. The number of halogens is 1. The molecule has 0 atom stereocenters. The molecule has 0 N–H and O–H groups in total. The first-order valence-electron chi connectivity index (χ1n) is 1.75. The van der Waals surface area contributed by atoms with E-state index in [0.717, 1.165) is 0 Å². The van der Waals surface area contributed by atoms with Crippen molar-refractivity contribution in [1.29, 1.82) is 0 Å². The molecule has 0 saturated heterocycles. The maximum atomic E-state index is 6.11. The standard InChI is InChI=1S/C2H3.BrH.Mg/c1-2;;/h1H,2H2;1H;/q-1;;+2/p-1/i1D,2D2;;. The molecule has 0 nitrogen and oxygen atoms in total. The van der Waals surface area contributed by atoms with Crippen LogP contribution in [0.25, 0.3) is 0 Å². The molecule has 0 amide bonds. The van der Waals surface area contributed by atoms with Crippen molar-refractivity contribution in [3.63, 3.8) is 0 Å². The third-order valence-electron chi connectivity index (χ3n) is 0. The molecular weight excluding hydrogens is 128 g/mol. The molecule has 0 bridgehead atoms. The summed E-state index contributed by atoms with van der Waals surface area (Å²) in [4.78, 5) is 0. The van der Waals surface area contributed by atoms with Crippen LogP contribution in [0.5, 0.6) is 0 Å². The Bertz CT molecular complexity index is 50.9. The summed E-state index contributed by atoms with van der Waals surface area (Å²) in [6.07, 6.45) is 0. The van der Waals surface area contributed by atoms with Gasteiger partial charge in [-0.1, -0.05) is 0 Å². The van der Waals surface area contributed by atoms with Crippen molar-refractivity contribution in [2.24, 2.45) is 0 Å². The predicted molar refractivity (Wildman–Crippen MR) is 15.7 cm³/mol. The first-order valence-corrected chi connectivity index (χ1v) is 0.250. The summed E-state index contributed by atoms with van der Waals surface area (Å²) in [6.45, 7) is 0.949. The molecule has 0 aromatic carbocycles. The van der Waals surface area contributed by atoms with Gasteiger partial charge in [0.2, 0.25) is 0 Å². The van der Waals surface area contributed by atoms with Crippen molar-refractivity contribution in [3.8, 4) is 0 Å². The van der Waals surface area contributed by atoms with E-state index in [1.807, 2.05) is 0 Å². The molecule has 0 fully saturated rings. The average molecular weight is 134 g/mol. The van der Waals surface area contributed by atoms with Crippen LogP contribution in [0, 0.1) is 6.55 Å². The molecule has 0 radical (unpaired) electrons. The van der Waals surface area contributed by atoms with E-state index in [-0.39, 0.29) is 40.0 Å². The molecule has 0 spiro atoms. The van der Waals surface area contributed by atoms with Gasteiger partial charge in [0, 0.05) is 2.74 Å². The largest absolute Gasteiger partial charge is 2.00 e. The molecule has 0 unspecified atom stereocenters. The van der Waals surface area contributed by atoms with Crippen LogP contribution in [-0.2, 0) is 0 Å². The van der Waals surface area contributed by atoms with Gasteiger partial charge in [-0.15, -0.1) is 0 Å². The van der Waals surface area contributed by atoms with Crippen molar-refractivity contribution in [1.82, 2.24) is 0 Å². The number of hydrogen-bond donors (Lipinski definition) is 0. The molecule has 0 aromatic heterocycles. The van der Waals surface area contributed by atoms with Gasteiger partial charge >= 0.3 is 23.1 Å². The Labute approximate surface area is 57.4 Å². The molecule has 0 aliphatic carbocycles. The van der Waals surface area contributed by atoms with Crippen LogP contribution in [0.4, 0.5) is 0 Å². The van der Waals surface area contributed by atoms with E-state index in [1.165, 1.54) is 6.55 Å². The van der Waals surface area contributed by atoms with Gasteiger partial charge < -0.3 is 23.5 Å². The molecule has 20 valence electrons. The third-order valence-corrected chi connectivity index (χ3v) is 0. The van der Waals surface area contributed by atoms with E-state index in [1.54, 1.807) is 0 Å². The third kappa shape index (κ3) is 12.1. The molecule has 0 aromatic rings. The van der Waals surface area contributed by atoms with Crippen molar-refractivity contribution >= 4 is 23.1 Å². The molecule has 2 heteroatoms. The minimum Gasteiger partial charge on any atom is -1.00 e. The first kappa shape index (κ1) is 3.19. The summed E-state index contributed by atoms with van der Waals surface area (Å²) in [5, 5.41) is 0. The normalized spacial score (nSPS) is 9.50. The fraction of sp³-hybridized carbons (Fsp3) is 0. The number of hydrogen-bond acceptors (Lipinski definition) is 0. The van der Waals surface area contributed by atoms with E-state index in [4.69, 9.17) is 4.11 Å². The predicted octanol–water partition coefficient (Wildman–Crippen LogP) is -2.77. The van der Waals surface area contributed by atoms with Crippen LogP contribution < -0.4 is 17.0 Å². The Hall–Kier alpha value is 0.986. The zero-order valence-corrected chi connectivity index (χ0v) is 5.09. The Balaban J connectivity index is -0.0000000800. The van der Waals surface area contributed by atoms with Crippen molar-refractivity contribution < 1.29 is 21.1 Å². The Morgan fingerprint density at radius 1 is 2.25 bits per heavy atom. The molecule has 0 saturated carbocycles. The van der Waals surface area contributed by atoms with E-state index in [9.17, 15) is 0 Å². The van der Waals surface area contributed by atoms with Crippen LogP contribution in [-0.4, -0.2) is 23.1 Å². The molecule has 0 aliphatic rings. The Kier molecular flexibility index (Phi) is 29.1. The summed E-state index contributed by atoms with van der Waals surface area (Å²) in [6, 6.07) is 0. The monoisotopic (exact) mass is 133 g/mol. The van der Waals surface area contributed by atoms with Crippen LogP contribution in [0.3, 0.4) is 0 Å². The minimum atomic E-state index is -0.579. The quantitative estimate of drug-likeness (QED) is 0.248. The maximum absolute atomic E-state index is 6.11. The van der Waals surface area contributed by atoms with E-state index in [2.05, 4.69) is 0 Å². The van der Waals surface area contributed by atoms with Gasteiger partial charge in [-0.05, 0) is 0 Å². The second-order valence-electron chi connectivity index (χ2n) is 0. The van der Waals surface area contributed by atoms with Gasteiger partial charge in [-0.2, -0.15) is 0 Å².